The fraction of sp³-hybridized carbons (Fsp3) is 0.462. The quantitative estimate of drug-likeness (QED) is 0.844. The molecule has 1 aliphatic rings. The number of nitrogens with one attached hydrogen (secondary N) is 1. The van der Waals surface area contributed by atoms with Crippen molar-refractivity contribution in [2.24, 2.45) is 0 Å². The predicted molar refractivity (Wildman–Crippen MR) is 62.3 cm³/mol. The Morgan fingerprint density at radius 2 is 2.19 bits per heavy atom. The summed E-state index contributed by atoms with van der Waals surface area (Å²) in [6, 6.07) is 9.35. The number of carbonyl (C=O) groups excluding carboxylic acids is 1. The molecule has 16 heavy (non-hydrogen) atoms. The molecule has 3 nitrogen and oxygen atoms in total. The molecule has 86 valence electrons. The van der Waals surface area contributed by atoms with Gasteiger partial charge < -0.3 is 10.1 Å². The topological polar surface area (TPSA) is 38.3 Å². The third kappa shape index (κ3) is 2.61. The average Bonchev–Trinajstić information content (AvgIpc) is 2.83. The number of carbonyl (C=O) groups is 1. The first-order chi connectivity index (χ1) is 7.77. The van der Waals surface area contributed by atoms with Crippen LogP contribution in [0, 0.1) is 0 Å². The molecule has 1 saturated heterocycles. The number of hydrogen-bond donors (Lipinski definition) is 1. The maximum Gasteiger partial charge on any atom is 0.251 e. The van der Waals surface area contributed by atoms with Crippen LogP contribution in [0.5, 0.6) is 0 Å². The first kappa shape index (κ1) is 11.1. The van der Waals surface area contributed by atoms with Gasteiger partial charge >= 0.3 is 0 Å². The van der Waals surface area contributed by atoms with Gasteiger partial charge in [-0.3, -0.25) is 4.79 Å². The highest BCUT2D eigenvalue weighted by atomic mass is 16.5. The molecule has 0 bridgehead atoms. The van der Waals surface area contributed by atoms with Crippen molar-refractivity contribution in [3.8, 4) is 0 Å². The number of ether oxygens (including phenoxy) is 1. The van der Waals surface area contributed by atoms with E-state index in [1.54, 1.807) is 0 Å². The zero-order chi connectivity index (χ0) is 11.4. The summed E-state index contributed by atoms with van der Waals surface area (Å²) in [5.74, 6) is -0.0244. The van der Waals surface area contributed by atoms with Gasteiger partial charge in [0.2, 0.25) is 0 Å². The minimum Gasteiger partial charge on any atom is -0.376 e. The number of amides is 1. The average molecular weight is 219 g/mol. The van der Waals surface area contributed by atoms with Crippen LogP contribution >= 0.6 is 0 Å². The molecule has 1 heterocycles. The van der Waals surface area contributed by atoms with Crippen molar-refractivity contribution in [2.75, 3.05) is 6.61 Å². The Labute approximate surface area is 95.8 Å². The second-order valence-corrected chi connectivity index (χ2v) is 4.18. The monoisotopic (exact) mass is 219 g/mol. The van der Waals surface area contributed by atoms with Crippen molar-refractivity contribution in [2.45, 2.75) is 31.9 Å². The Bertz CT molecular complexity index is 344. The first-order valence-electron chi connectivity index (χ1n) is 5.75. The molecule has 0 unspecified atom stereocenters. The lowest BCUT2D eigenvalue weighted by molar-refractivity contribution is 0.0712. The Hall–Kier alpha value is -1.35. The van der Waals surface area contributed by atoms with Crippen LogP contribution in [0.25, 0.3) is 0 Å². The Morgan fingerprint density at radius 1 is 1.44 bits per heavy atom. The van der Waals surface area contributed by atoms with Crippen LogP contribution in [0.1, 0.15) is 30.1 Å². The van der Waals surface area contributed by atoms with Gasteiger partial charge in [-0.2, -0.15) is 0 Å². The molecule has 0 spiro atoms. The molecule has 0 radical (unpaired) electrons. The van der Waals surface area contributed by atoms with Crippen LogP contribution in [0.4, 0.5) is 0 Å². The van der Waals surface area contributed by atoms with E-state index in [4.69, 9.17) is 4.74 Å². The predicted octanol–water partition coefficient (Wildman–Crippen LogP) is 1.98. The Kier molecular flexibility index (Phi) is 3.57. The maximum atomic E-state index is 11.8. The van der Waals surface area contributed by atoms with Gasteiger partial charge in [0.05, 0.1) is 12.1 Å². The maximum absolute atomic E-state index is 11.8. The normalized spacial score (nSPS) is 21.7. The molecule has 1 amide bonds. The lowest BCUT2D eigenvalue weighted by Gasteiger charge is -2.19. The number of hydrogen-bond acceptors (Lipinski definition) is 2. The zero-order valence-electron chi connectivity index (χ0n) is 9.48. The van der Waals surface area contributed by atoms with Gasteiger partial charge in [-0.05, 0) is 31.9 Å². The standard InChI is InChI=1S/C13H17NO2/c1-10(12-8-5-9-16-12)14-13(15)11-6-3-2-4-7-11/h2-4,6-7,10,12H,5,8-9H2,1H3,(H,14,15)/t10-,12-/m0/s1. The van der Waals surface area contributed by atoms with Crippen molar-refractivity contribution in [1.29, 1.82) is 0 Å². The summed E-state index contributed by atoms with van der Waals surface area (Å²) < 4.78 is 5.54. The van der Waals surface area contributed by atoms with Crippen molar-refractivity contribution in [3.05, 3.63) is 35.9 Å². The molecule has 1 fully saturated rings. The second-order valence-electron chi connectivity index (χ2n) is 4.18. The van der Waals surface area contributed by atoms with Crippen LogP contribution < -0.4 is 5.32 Å². The largest absolute Gasteiger partial charge is 0.376 e. The summed E-state index contributed by atoms with van der Waals surface area (Å²) in [5.41, 5.74) is 0.701. The first-order valence-corrected chi connectivity index (χ1v) is 5.75. The van der Waals surface area contributed by atoms with E-state index >= 15 is 0 Å². The van der Waals surface area contributed by atoms with Gasteiger partial charge in [0.15, 0.2) is 0 Å². The molecule has 0 aliphatic carbocycles. The van der Waals surface area contributed by atoms with Crippen LogP contribution in [0.3, 0.4) is 0 Å². The van der Waals surface area contributed by atoms with Gasteiger partial charge in [0.1, 0.15) is 0 Å². The molecule has 2 atom stereocenters. The van der Waals surface area contributed by atoms with E-state index in [-0.39, 0.29) is 18.1 Å². The highest BCUT2D eigenvalue weighted by Gasteiger charge is 2.23. The van der Waals surface area contributed by atoms with Crippen LogP contribution in [0.2, 0.25) is 0 Å². The molecule has 1 N–H and O–H groups in total. The smallest absolute Gasteiger partial charge is 0.251 e. The van der Waals surface area contributed by atoms with Crippen molar-refractivity contribution < 1.29 is 9.53 Å². The van der Waals surface area contributed by atoms with Crippen molar-refractivity contribution in [3.63, 3.8) is 0 Å². The number of benzene rings is 1. The van der Waals surface area contributed by atoms with E-state index < -0.39 is 0 Å². The summed E-state index contributed by atoms with van der Waals surface area (Å²) >= 11 is 0. The summed E-state index contributed by atoms with van der Waals surface area (Å²) in [5, 5.41) is 2.97. The highest BCUT2D eigenvalue weighted by Crippen LogP contribution is 2.15. The van der Waals surface area contributed by atoms with Gasteiger partial charge in [-0.15, -0.1) is 0 Å². The summed E-state index contributed by atoms with van der Waals surface area (Å²) in [7, 11) is 0. The van der Waals surface area contributed by atoms with E-state index in [9.17, 15) is 4.79 Å². The van der Waals surface area contributed by atoms with E-state index in [1.807, 2.05) is 37.3 Å². The van der Waals surface area contributed by atoms with Gasteiger partial charge in [-0.1, -0.05) is 18.2 Å². The third-order valence-electron chi connectivity index (χ3n) is 2.92. The second kappa shape index (κ2) is 5.12. The summed E-state index contributed by atoms with van der Waals surface area (Å²) in [6.45, 7) is 2.81. The van der Waals surface area contributed by atoms with Gasteiger partial charge in [-0.25, -0.2) is 0 Å². The fourth-order valence-electron chi connectivity index (χ4n) is 1.97. The fourth-order valence-corrected chi connectivity index (χ4v) is 1.97. The van der Waals surface area contributed by atoms with Crippen LogP contribution in [0.15, 0.2) is 30.3 Å². The minimum atomic E-state index is -0.0244. The third-order valence-corrected chi connectivity index (χ3v) is 2.92. The highest BCUT2D eigenvalue weighted by molar-refractivity contribution is 5.94. The van der Waals surface area contributed by atoms with Crippen LogP contribution in [-0.4, -0.2) is 24.7 Å². The molecule has 1 aromatic rings. The molecule has 1 aromatic carbocycles. The van der Waals surface area contributed by atoms with E-state index in [2.05, 4.69) is 5.32 Å². The molecular weight excluding hydrogens is 202 g/mol. The summed E-state index contributed by atoms with van der Waals surface area (Å²) in [6.07, 6.45) is 2.31. The van der Waals surface area contributed by atoms with E-state index in [0.717, 1.165) is 19.4 Å². The lowest BCUT2D eigenvalue weighted by atomic mass is 10.1. The van der Waals surface area contributed by atoms with Gasteiger partial charge in [0, 0.05) is 12.2 Å². The molecule has 1 aliphatic heterocycles. The molecule has 2 rings (SSSR count). The van der Waals surface area contributed by atoms with E-state index in [0.29, 0.717) is 5.56 Å². The Morgan fingerprint density at radius 3 is 2.81 bits per heavy atom. The zero-order valence-corrected chi connectivity index (χ0v) is 9.48. The van der Waals surface area contributed by atoms with Gasteiger partial charge in [0.25, 0.3) is 5.91 Å². The minimum absolute atomic E-state index is 0.0244. The number of rotatable bonds is 3. The molecular formula is C13H17NO2. The Balaban J connectivity index is 1.92. The summed E-state index contributed by atoms with van der Waals surface area (Å²) in [4.78, 5) is 11.8. The van der Waals surface area contributed by atoms with Crippen LogP contribution in [-0.2, 0) is 4.74 Å². The molecule has 3 heteroatoms. The van der Waals surface area contributed by atoms with Crippen molar-refractivity contribution in [1.82, 2.24) is 5.32 Å². The SMILES string of the molecule is C[C@H](NC(=O)c1ccccc1)[C@@H]1CCCO1. The molecule has 0 aromatic heterocycles. The van der Waals surface area contributed by atoms with E-state index in [1.165, 1.54) is 0 Å². The lowest BCUT2D eigenvalue weighted by Crippen LogP contribution is -2.40. The molecule has 0 saturated carbocycles. The van der Waals surface area contributed by atoms with Crippen molar-refractivity contribution >= 4 is 5.91 Å².